The highest BCUT2D eigenvalue weighted by Crippen LogP contribution is 2.18. The molecule has 1 atom stereocenters. The molecule has 0 saturated heterocycles. The Morgan fingerprint density at radius 2 is 1.65 bits per heavy atom. The first-order valence-corrected chi connectivity index (χ1v) is 8.47. The fourth-order valence-corrected chi connectivity index (χ4v) is 2.39. The second-order valence-corrected chi connectivity index (χ2v) is 5.93. The van der Waals surface area contributed by atoms with E-state index in [4.69, 9.17) is 9.47 Å². The molecule has 0 saturated carbocycles. The predicted molar refractivity (Wildman–Crippen MR) is 99.2 cm³/mol. The van der Waals surface area contributed by atoms with Crippen LogP contribution in [0.5, 0.6) is 11.5 Å². The van der Waals surface area contributed by atoms with Crippen LogP contribution in [0.15, 0.2) is 42.5 Å². The maximum atomic E-state index is 12.2. The summed E-state index contributed by atoms with van der Waals surface area (Å²) < 4.78 is 10.9. The molecule has 6 nitrogen and oxygen atoms in total. The largest absolute Gasteiger partial charge is 0.494 e. The number of amides is 2. The van der Waals surface area contributed by atoms with E-state index in [1.807, 2.05) is 32.9 Å². The van der Waals surface area contributed by atoms with Crippen molar-refractivity contribution in [3.8, 4) is 11.5 Å². The van der Waals surface area contributed by atoms with E-state index in [1.54, 1.807) is 37.3 Å². The molecule has 2 rings (SSSR count). The molecular formula is C20H24N2O4. The van der Waals surface area contributed by atoms with Gasteiger partial charge in [0.25, 0.3) is 11.8 Å². The molecule has 138 valence electrons. The Morgan fingerprint density at radius 1 is 1.00 bits per heavy atom. The van der Waals surface area contributed by atoms with Gasteiger partial charge in [0.2, 0.25) is 0 Å². The van der Waals surface area contributed by atoms with Crippen molar-refractivity contribution in [1.29, 1.82) is 0 Å². The summed E-state index contributed by atoms with van der Waals surface area (Å²) >= 11 is 0. The van der Waals surface area contributed by atoms with E-state index >= 15 is 0 Å². The molecule has 0 aliphatic carbocycles. The molecule has 0 aliphatic heterocycles. The zero-order valence-corrected chi connectivity index (χ0v) is 15.5. The zero-order chi connectivity index (χ0) is 19.1. The third kappa shape index (κ3) is 5.24. The van der Waals surface area contributed by atoms with Gasteiger partial charge in [0.1, 0.15) is 11.5 Å². The summed E-state index contributed by atoms with van der Waals surface area (Å²) in [6.45, 7) is 7.90. The molecule has 0 fully saturated rings. The average Bonchev–Trinajstić information content (AvgIpc) is 2.61. The third-order valence-corrected chi connectivity index (χ3v) is 3.74. The maximum Gasteiger partial charge on any atom is 0.279 e. The minimum atomic E-state index is -0.771. The Balaban J connectivity index is 1.87. The van der Waals surface area contributed by atoms with Gasteiger partial charge in [-0.25, -0.2) is 0 Å². The topological polar surface area (TPSA) is 76.7 Å². The Labute approximate surface area is 153 Å². The fourth-order valence-electron chi connectivity index (χ4n) is 2.39. The summed E-state index contributed by atoms with van der Waals surface area (Å²) in [5, 5.41) is 0. The molecule has 0 spiro atoms. The Kier molecular flexibility index (Phi) is 6.60. The van der Waals surface area contributed by atoms with Crippen LogP contribution in [0.25, 0.3) is 0 Å². The van der Waals surface area contributed by atoms with E-state index in [0.29, 0.717) is 17.9 Å². The van der Waals surface area contributed by atoms with E-state index in [2.05, 4.69) is 10.9 Å². The zero-order valence-electron chi connectivity index (χ0n) is 15.5. The Hall–Kier alpha value is -3.02. The molecule has 0 heterocycles. The van der Waals surface area contributed by atoms with Crippen LogP contribution in [0.2, 0.25) is 0 Å². The summed E-state index contributed by atoms with van der Waals surface area (Å²) in [5.41, 5.74) is 7.22. The Morgan fingerprint density at radius 3 is 2.27 bits per heavy atom. The maximum absolute atomic E-state index is 12.2. The van der Waals surface area contributed by atoms with Crippen LogP contribution < -0.4 is 20.3 Å². The van der Waals surface area contributed by atoms with Crippen LogP contribution in [-0.4, -0.2) is 24.5 Å². The summed E-state index contributed by atoms with van der Waals surface area (Å²) in [7, 11) is 0. The van der Waals surface area contributed by atoms with Gasteiger partial charge in [-0.15, -0.1) is 0 Å². The van der Waals surface area contributed by atoms with Crippen LogP contribution in [0, 0.1) is 13.8 Å². The highest BCUT2D eigenvalue weighted by Gasteiger charge is 2.16. The SMILES string of the molecule is CCOc1ccc(OC(C)C(=O)NNC(=O)c2ccc(C)cc2C)cc1. The van der Waals surface area contributed by atoms with Gasteiger partial charge in [0, 0.05) is 5.56 Å². The number of hydrazine groups is 1. The molecule has 1 unspecified atom stereocenters. The average molecular weight is 356 g/mol. The number of carbonyl (C=O) groups excluding carboxylic acids is 2. The van der Waals surface area contributed by atoms with Crippen molar-refractivity contribution < 1.29 is 19.1 Å². The van der Waals surface area contributed by atoms with Crippen LogP contribution >= 0.6 is 0 Å². The molecule has 0 bridgehead atoms. The normalized spacial score (nSPS) is 11.4. The van der Waals surface area contributed by atoms with E-state index in [9.17, 15) is 9.59 Å². The minimum absolute atomic E-state index is 0.371. The smallest absolute Gasteiger partial charge is 0.279 e. The molecule has 6 heteroatoms. The van der Waals surface area contributed by atoms with E-state index in [0.717, 1.165) is 16.9 Å². The lowest BCUT2D eigenvalue weighted by Gasteiger charge is -2.16. The first-order valence-electron chi connectivity index (χ1n) is 8.47. The van der Waals surface area contributed by atoms with Crippen LogP contribution in [0.4, 0.5) is 0 Å². The highest BCUT2D eigenvalue weighted by atomic mass is 16.5. The standard InChI is InChI=1S/C20H24N2O4/c1-5-25-16-7-9-17(10-8-16)26-15(4)19(23)21-22-20(24)18-11-6-13(2)12-14(18)3/h6-12,15H,5H2,1-4H3,(H,21,23)(H,22,24). The van der Waals surface area contributed by atoms with Gasteiger partial charge in [-0.1, -0.05) is 17.7 Å². The molecule has 2 amide bonds. The second-order valence-electron chi connectivity index (χ2n) is 5.93. The predicted octanol–water partition coefficient (Wildman–Crippen LogP) is 2.93. The fraction of sp³-hybridized carbons (Fsp3) is 0.300. The minimum Gasteiger partial charge on any atom is -0.494 e. The van der Waals surface area contributed by atoms with Gasteiger partial charge in [0.15, 0.2) is 6.10 Å². The second kappa shape index (κ2) is 8.89. The molecule has 2 aromatic carbocycles. The monoisotopic (exact) mass is 356 g/mol. The van der Waals surface area contributed by atoms with Gasteiger partial charge in [-0.2, -0.15) is 0 Å². The van der Waals surface area contributed by atoms with E-state index in [1.165, 1.54) is 0 Å². The summed E-state index contributed by atoms with van der Waals surface area (Å²) in [6.07, 6.45) is -0.771. The van der Waals surface area contributed by atoms with E-state index < -0.39 is 12.0 Å². The number of benzene rings is 2. The highest BCUT2D eigenvalue weighted by molar-refractivity contribution is 5.97. The number of hydrogen-bond acceptors (Lipinski definition) is 4. The molecule has 0 radical (unpaired) electrons. The van der Waals surface area contributed by atoms with Crippen molar-refractivity contribution in [2.24, 2.45) is 0 Å². The number of ether oxygens (including phenoxy) is 2. The van der Waals surface area contributed by atoms with Crippen molar-refractivity contribution in [2.45, 2.75) is 33.8 Å². The molecule has 2 aromatic rings. The van der Waals surface area contributed by atoms with Crippen molar-refractivity contribution in [3.05, 3.63) is 59.2 Å². The van der Waals surface area contributed by atoms with Gasteiger partial charge < -0.3 is 9.47 Å². The van der Waals surface area contributed by atoms with E-state index in [-0.39, 0.29) is 5.91 Å². The summed E-state index contributed by atoms with van der Waals surface area (Å²) in [6, 6.07) is 12.5. The first kappa shape index (κ1) is 19.3. The lowest BCUT2D eigenvalue weighted by atomic mass is 10.1. The number of aryl methyl sites for hydroxylation is 2. The molecule has 0 aliphatic rings. The number of rotatable bonds is 6. The van der Waals surface area contributed by atoms with Crippen molar-refractivity contribution in [2.75, 3.05) is 6.61 Å². The summed E-state index contributed by atoms with van der Waals surface area (Å²) in [5.74, 6) is 0.454. The molecule has 26 heavy (non-hydrogen) atoms. The van der Waals surface area contributed by atoms with Crippen LogP contribution in [-0.2, 0) is 4.79 Å². The molecule has 0 aromatic heterocycles. The quantitative estimate of drug-likeness (QED) is 0.780. The van der Waals surface area contributed by atoms with Crippen LogP contribution in [0.1, 0.15) is 35.3 Å². The molecule has 2 N–H and O–H groups in total. The Bertz CT molecular complexity index is 772. The van der Waals surface area contributed by atoms with Gasteiger partial charge in [-0.05, 0) is 63.6 Å². The third-order valence-electron chi connectivity index (χ3n) is 3.74. The molecular weight excluding hydrogens is 332 g/mol. The van der Waals surface area contributed by atoms with Crippen molar-refractivity contribution >= 4 is 11.8 Å². The number of nitrogens with one attached hydrogen (secondary N) is 2. The first-order chi connectivity index (χ1) is 12.4. The van der Waals surface area contributed by atoms with Gasteiger partial charge in [0.05, 0.1) is 6.61 Å². The van der Waals surface area contributed by atoms with Crippen LogP contribution in [0.3, 0.4) is 0 Å². The lowest BCUT2D eigenvalue weighted by Crippen LogP contribution is -2.47. The number of hydrogen-bond donors (Lipinski definition) is 2. The van der Waals surface area contributed by atoms with Gasteiger partial charge in [-0.3, -0.25) is 20.4 Å². The van der Waals surface area contributed by atoms with Crippen molar-refractivity contribution in [3.63, 3.8) is 0 Å². The van der Waals surface area contributed by atoms with Gasteiger partial charge >= 0.3 is 0 Å². The lowest BCUT2D eigenvalue weighted by molar-refractivity contribution is -0.128. The summed E-state index contributed by atoms with van der Waals surface area (Å²) in [4.78, 5) is 24.3. The van der Waals surface area contributed by atoms with Crippen molar-refractivity contribution in [1.82, 2.24) is 10.9 Å². The number of carbonyl (C=O) groups is 2.